The summed E-state index contributed by atoms with van der Waals surface area (Å²) in [7, 11) is 0. The lowest BCUT2D eigenvalue weighted by Crippen LogP contribution is -2.57. The molecule has 3 aromatic carbocycles. The van der Waals surface area contributed by atoms with Crippen LogP contribution >= 0.6 is 0 Å². The largest absolute Gasteiger partial charge is 0.221 e. The first-order valence-corrected chi connectivity index (χ1v) is 17.1. The van der Waals surface area contributed by atoms with Crippen LogP contribution < -0.4 is 9.13 Å². The number of halogens is 1. The number of nitrogens with zero attached hydrogens (tertiary/aromatic N) is 2. The van der Waals surface area contributed by atoms with Gasteiger partial charge in [0.05, 0.1) is 16.9 Å². The van der Waals surface area contributed by atoms with Crippen LogP contribution in [0, 0.1) is 12.7 Å². The first kappa shape index (κ1) is 29.8. The summed E-state index contributed by atoms with van der Waals surface area (Å²) < 4.78 is 21.5. The molecule has 0 fully saturated rings. The van der Waals surface area contributed by atoms with Crippen molar-refractivity contribution in [3.63, 3.8) is 0 Å². The smallest absolute Gasteiger partial charge is 0.207 e. The van der Waals surface area contributed by atoms with Crippen molar-refractivity contribution < 1.29 is 13.5 Å². The van der Waals surface area contributed by atoms with Gasteiger partial charge in [0, 0.05) is 54.0 Å². The maximum atomic E-state index is 16.4. The van der Waals surface area contributed by atoms with E-state index in [0.717, 1.165) is 49.8 Å². The van der Waals surface area contributed by atoms with E-state index in [1.54, 1.807) is 6.07 Å². The van der Waals surface area contributed by atoms with Gasteiger partial charge in [0.1, 0.15) is 5.82 Å². The van der Waals surface area contributed by atoms with E-state index in [4.69, 9.17) is 0 Å². The summed E-state index contributed by atoms with van der Waals surface area (Å²) in [6, 6.07) is 26.3. The second kappa shape index (κ2) is 11.2. The predicted octanol–water partition coefficient (Wildman–Crippen LogP) is 9.88. The number of hydrogen-bond acceptors (Lipinski definition) is 0. The number of benzene rings is 3. The van der Waals surface area contributed by atoms with Crippen LogP contribution in [0.15, 0.2) is 85.2 Å². The second-order valence-electron chi connectivity index (χ2n) is 14.1. The molecule has 1 aliphatic carbocycles. The Balaban J connectivity index is 1.52. The number of aryl methyl sites for hydroxylation is 2. The van der Waals surface area contributed by atoms with Crippen molar-refractivity contribution in [3.05, 3.63) is 119 Å². The molecule has 0 spiro atoms. The molecule has 0 saturated heterocycles. The summed E-state index contributed by atoms with van der Waals surface area (Å²) in [5.41, 5.74) is 10.4. The number of unbranched alkanes of at least 4 members (excludes halogenated alkanes) is 1. The van der Waals surface area contributed by atoms with E-state index in [-0.39, 0.29) is 17.3 Å². The van der Waals surface area contributed by atoms with E-state index in [0.29, 0.717) is 0 Å². The Morgan fingerprint density at radius 3 is 2.42 bits per heavy atom. The first-order valence-electron chi connectivity index (χ1n) is 17.1. The molecule has 2 aromatic heterocycles. The molecule has 230 valence electrons. The summed E-state index contributed by atoms with van der Waals surface area (Å²) in [6.07, 6.45) is 11.0. The highest BCUT2D eigenvalue weighted by Gasteiger charge is 2.51. The molecule has 0 radical (unpaired) electrons. The lowest BCUT2D eigenvalue weighted by molar-refractivity contribution is -0.758. The maximum Gasteiger partial charge on any atom is 0.221 e. The zero-order chi connectivity index (χ0) is 31.5. The summed E-state index contributed by atoms with van der Waals surface area (Å²) >= 11 is 0. The molecule has 0 saturated carbocycles. The van der Waals surface area contributed by atoms with Gasteiger partial charge in [-0.1, -0.05) is 77.4 Å². The molecule has 0 N–H and O–H groups in total. The van der Waals surface area contributed by atoms with E-state index < -0.39 is 5.41 Å². The molecule has 45 heavy (non-hydrogen) atoms. The van der Waals surface area contributed by atoms with Gasteiger partial charge in [-0.15, -0.1) is 0 Å². The van der Waals surface area contributed by atoms with Gasteiger partial charge in [-0.05, 0) is 65.6 Å². The van der Waals surface area contributed by atoms with Crippen molar-refractivity contribution in [2.75, 3.05) is 0 Å². The highest BCUT2D eigenvalue weighted by Crippen LogP contribution is 2.54. The lowest BCUT2D eigenvalue weighted by atomic mass is 9.67. The minimum Gasteiger partial charge on any atom is -0.207 e. The molecule has 2 aliphatic rings. The zero-order valence-electron chi connectivity index (χ0n) is 27.9. The van der Waals surface area contributed by atoms with Gasteiger partial charge in [-0.25, -0.2) is 4.39 Å². The van der Waals surface area contributed by atoms with E-state index >= 15 is 4.39 Å². The fourth-order valence-electron chi connectivity index (χ4n) is 8.75. The summed E-state index contributed by atoms with van der Waals surface area (Å²) in [5, 5.41) is 2.61. The molecule has 1 atom stereocenters. The van der Waals surface area contributed by atoms with Gasteiger partial charge in [0.15, 0.2) is 24.5 Å². The Bertz CT molecular complexity index is 1930. The molecule has 1 aliphatic heterocycles. The van der Waals surface area contributed by atoms with Gasteiger partial charge < -0.3 is 0 Å². The normalized spacial score (nSPS) is 17.4. The SMILES string of the molecule is CCCCc1cc2c3c4[n+](ccc3c1)C(CC)(CC)CC(C[n+]1ccccc1-c1ccccc1C)c1ccc(F)c(c1-4)C2(C)C. The minimum absolute atomic E-state index is 0.0841. The molecule has 0 bridgehead atoms. The van der Waals surface area contributed by atoms with Crippen LogP contribution in [0.4, 0.5) is 4.39 Å². The molecule has 2 nitrogen and oxygen atoms in total. The van der Waals surface area contributed by atoms with Crippen LogP contribution in [0.1, 0.15) is 100 Å². The highest BCUT2D eigenvalue weighted by molar-refractivity contribution is 6.01. The lowest BCUT2D eigenvalue weighted by Gasteiger charge is -2.36. The third-order valence-corrected chi connectivity index (χ3v) is 11.3. The Hall–Kier alpha value is -3.85. The predicted molar refractivity (Wildman–Crippen MR) is 183 cm³/mol. The fraction of sp³-hybridized carbons (Fsp3) is 0.381. The zero-order valence-corrected chi connectivity index (χ0v) is 27.9. The van der Waals surface area contributed by atoms with Gasteiger partial charge in [-0.3, -0.25) is 0 Å². The summed E-state index contributed by atoms with van der Waals surface area (Å²) in [5.74, 6) is 0.129. The van der Waals surface area contributed by atoms with Gasteiger partial charge in [0.25, 0.3) is 0 Å². The van der Waals surface area contributed by atoms with Crippen molar-refractivity contribution in [1.29, 1.82) is 0 Å². The highest BCUT2D eigenvalue weighted by atomic mass is 19.1. The van der Waals surface area contributed by atoms with Crippen molar-refractivity contribution >= 4 is 10.8 Å². The van der Waals surface area contributed by atoms with Crippen LogP contribution in [0.5, 0.6) is 0 Å². The topological polar surface area (TPSA) is 7.76 Å². The monoisotopic (exact) mass is 598 g/mol. The van der Waals surface area contributed by atoms with Gasteiger partial charge >= 0.3 is 0 Å². The summed E-state index contributed by atoms with van der Waals surface area (Å²) in [4.78, 5) is 0. The number of pyridine rings is 2. The number of hydrogen-bond donors (Lipinski definition) is 0. The molecule has 5 aromatic rings. The van der Waals surface area contributed by atoms with Crippen molar-refractivity contribution in [2.45, 2.75) is 103 Å². The molecule has 3 heteroatoms. The maximum absolute atomic E-state index is 16.4. The Kier molecular flexibility index (Phi) is 7.42. The Morgan fingerprint density at radius 2 is 1.67 bits per heavy atom. The van der Waals surface area contributed by atoms with Crippen molar-refractivity contribution in [3.8, 4) is 22.5 Å². The molecule has 3 heterocycles. The van der Waals surface area contributed by atoms with Crippen LogP contribution in [-0.2, 0) is 23.9 Å². The van der Waals surface area contributed by atoms with E-state index in [9.17, 15) is 0 Å². The van der Waals surface area contributed by atoms with Crippen molar-refractivity contribution in [1.82, 2.24) is 0 Å². The molecule has 1 unspecified atom stereocenters. The van der Waals surface area contributed by atoms with E-state index in [2.05, 4.69) is 130 Å². The van der Waals surface area contributed by atoms with Gasteiger partial charge in [0.2, 0.25) is 11.4 Å². The van der Waals surface area contributed by atoms with Crippen LogP contribution in [0.25, 0.3) is 33.3 Å². The minimum atomic E-state index is -0.454. The number of rotatable bonds is 8. The average molecular weight is 599 g/mol. The van der Waals surface area contributed by atoms with Crippen LogP contribution in [-0.4, -0.2) is 0 Å². The van der Waals surface area contributed by atoms with Crippen molar-refractivity contribution in [2.24, 2.45) is 0 Å². The molecule has 7 rings (SSSR count). The standard InChI is InChI=1S/C42H47FN2/c1-7-10-16-29-24-30-21-23-45-40-37(30)34(25-29)41(5,6)39-35(43)20-19-33(38(39)40)31(26-42(45,8-2)9-3)27-44-22-14-13-18-36(44)32-17-12-11-15-28(32)4/h11-15,17-25,31H,7-10,16,26-27H2,1-6H3/q+2. The second-order valence-corrected chi connectivity index (χ2v) is 14.1. The third kappa shape index (κ3) is 4.56. The Labute approximate surface area is 268 Å². The van der Waals surface area contributed by atoms with Gasteiger partial charge in [-0.2, -0.15) is 9.13 Å². The van der Waals surface area contributed by atoms with Crippen LogP contribution in [0.2, 0.25) is 0 Å². The molecule has 0 amide bonds. The van der Waals surface area contributed by atoms with E-state index in [1.165, 1.54) is 56.4 Å². The molecular formula is C42H47FN2+2. The number of aromatic nitrogens is 2. The van der Waals surface area contributed by atoms with Crippen LogP contribution in [0.3, 0.4) is 0 Å². The molecular weight excluding hydrogens is 551 g/mol. The van der Waals surface area contributed by atoms with E-state index in [1.807, 2.05) is 0 Å². The average Bonchev–Trinajstić information content (AvgIpc) is 3.16. The summed E-state index contributed by atoms with van der Waals surface area (Å²) in [6.45, 7) is 14.5. The fourth-order valence-corrected chi connectivity index (χ4v) is 8.75. The third-order valence-electron chi connectivity index (χ3n) is 11.3. The Morgan fingerprint density at radius 1 is 0.889 bits per heavy atom. The quantitative estimate of drug-likeness (QED) is 0.157. The first-order chi connectivity index (χ1) is 21.7.